The van der Waals surface area contributed by atoms with Crippen LogP contribution < -0.4 is 10.6 Å². The first-order chi connectivity index (χ1) is 12.2. The molecule has 0 bridgehead atoms. The van der Waals surface area contributed by atoms with Crippen LogP contribution >= 0.6 is 0 Å². The molecular formula is C18H23N5O2. The lowest BCUT2D eigenvalue weighted by Gasteiger charge is -2.19. The van der Waals surface area contributed by atoms with Gasteiger partial charge in [-0.15, -0.1) is 0 Å². The predicted molar refractivity (Wildman–Crippen MR) is 95.0 cm³/mol. The van der Waals surface area contributed by atoms with E-state index in [1.165, 1.54) is 7.11 Å². The smallest absolute Gasteiger partial charge is 0.246 e. The van der Waals surface area contributed by atoms with Crippen molar-refractivity contribution in [1.82, 2.24) is 20.3 Å². The van der Waals surface area contributed by atoms with Crippen molar-refractivity contribution in [2.45, 2.75) is 25.8 Å². The number of nitrogens with zero attached hydrogens (tertiary/aromatic N) is 3. The van der Waals surface area contributed by atoms with Crippen LogP contribution in [0.1, 0.15) is 18.5 Å². The van der Waals surface area contributed by atoms with E-state index in [2.05, 4.69) is 25.6 Å². The molecule has 0 spiro atoms. The van der Waals surface area contributed by atoms with Gasteiger partial charge in [0.25, 0.3) is 0 Å². The molecule has 1 saturated carbocycles. The number of methoxy groups -OCH3 is 1. The summed E-state index contributed by atoms with van der Waals surface area (Å²) in [6, 6.07) is 7.64. The van der Waals surface area contributed by atoms with Crippen molar-refractivity contribution in [3.8, 4) is 11.5 Å². The molecule has 1 amide bonds. The number of carbonyl (C=O) groups excluding carboxylic acids is 1. The molecule has 1 aliphatic carbocycles. The topological polar surface area (TPSA) is 89.0 Å². The fourth-order valence-corrected chi connectivity index (χ4v) is 2.70. The van der Waals surface area contributed by atoms with E-state index in [1.54, 1.807) is 6.20 Å². The lowest BCUT2D eigenvalue weighted by molar-refractivity contribution is -0.125. The van der Waals surface area contributed by atoms with Crippen molar-refractivity contribution < 1.29 is 9.53 Å². The van der Waals surface area contributed by atoms with Crippen molar-refractivity contribution in [1.29, 1.82) is 0 Å². The van der Waals surface area contributed by atoms with E-state index >= 15 is 0 Å². The van der Waals surface area contributed by atoms with Gasteiger partial charge in [0.15, 0.2) is 5.82 Å². The normalized spacial score (nSPS) is 14.8. The Hall–Kier alpha value is -2.54. The number of pyridine rings is 1. The van der Waals surface area contributed by atoms with Gasteiger partial charge in [0.05, 0.1) is 0 Å². The van der Waals surface area contributed by atoms with Crippen molar-refractivity contribution in [3.05, 3.63) is 36.2 Å². The standard InChI is InChI=1S/C18H23N5O2/c1-12-9-16(23-18(21-12)14-5-3-4-8-19-14)20-10-15(13-6-7-13)22-17(24)11-25-2/h3-5,8-9,13,15H,6-7,10-11H2,1-2H3,(H,22,24)(H,20,21,23). The Balaban J connectivity index is 1.67. The number of hydrogen-bond acceptors (Lipinski definition) is 6. The van der Waals surface area contributed by atoms with Crippen molar-refractivity contribution in [3.63, 3.8) is 0 Å². The first kappa shape index (κ1) is 17.3. The summed E-state index contributed by atoms with van der Waals surface area (Å²) in [4.78, 5) is 25.1. The van der Waals surface area contributed by atoms with Gasteiger partial charge in [-0.3, -0.25) is 9.78 Å². The number of nitrogens with one attached hydrogen (secondary N) is 2. The molecule has 1 unspecified atom stereocenters. The van der Waals surface area contributed by atoms with Crippen LogP contribution in [0.15, 0.2) is 30.5 Å². The molecular weight excluding hydrogens is 318 g/mol. The second kappa shape index (κ2) is 8.02. The molecule has 2 N–H and O–H groups in total. The highest BCUT2D eigenvalue weighted by atomic mass is 16.5. The van der Waals surface area contributed by atoms with Gasteiger partial charge in [0.2, 0.25) is 5.91 Å². The minimum atomic E-state index is -0.0887. The fraction of sp³-hybridized carbons (Fsp3) is 0.444. The molecule has 132 valence electrons. The van der Waals surface area contributed by atoms with Crippen LogP contribution in [0.4, 0.5) is 5.82 Å². The van der Waals surface area contributed by atoms with Crippen LogP contribution in [0.5, 0.6) is 0 Å². The zero-order valence-corrected chi connectivity index (χ0v) is 14.5. The quantitative estimate of drug-likeness (QED) is 0.761. The second-order valence-electron chi connectivity index (χ2n) is 6.26. The van der Waals surface area contributed by atoms with Gasteiger partial charge in [0, 0.05) is 37.7 Å². The average Bonchev–Trinajstić information content (AvgIpc) is 3.44. The highest BCUT2D eigenvalue weighted by molar-refractivity contribution is 5.77. The summed E-state index contributed by atoms with van der Waals surface area (Å²) in [7, 11) is 1.52. The van der Waals surface area contributed by atoms with Crippen LogP contribution in [-0.4, -0.2) is 47.2 Å². The third-order valence-corrected chi connectivity index (χ3v) is 4.06. The molecule has 7 heteroatoms. The van der Waals surface area contributed by atoms with Crippen LogP contribution in [0.25, 0.3) is 11.5 Å². The lowest BCUT2D eigenvalue weighted by atomic mass is 10.2. The SMILES string of the molecule is COCC(=O)NC(CNc1cc(C)nc(-c2ccccn2)n1)C1CC1. The molecule has 2 aromatic rings. The van der Waals surface area contributed by atoms with Gasteiger partial charge in [0.1, 0.15) is 18.1 Å². The minimum absolute atomic E-state index is 0.0798. The third-order valence-electron chi connectivity index (χ3n) is 4.06. The molecule has 2 aromatic heterocycles. The maximum atomic E-state index is 11.8. The van der Waals surface area contributed by atoms with E-state index in [4.69, 9.17) is 4.74 Å². The summed E-state index contributed by atoms with van der Waals surface area (Å²) >= 11 is 0. The zero-order valence-electron chi connectivity index (χ0n) is 14.5. The summed E-state index contributed by atoms with van der Waals surface area (Å²) in [5.41, 5.74) is 1.60. The van der Waals surface area contributed by atoms with Gasteiger partial charge in [-0.1, -0.05) is 6.07 Å². The number of hydrogen-bond donors (Lipinski definition) is 2. The number of ether oxygens (including phenoxy) is 1. The number of aromatic nitrogens is 3. The Kier molecular flexibility index (Phi) is 5.55. The number of anilines is 1. The lowest BCUT2D eigenvalue weighted by Crippen LogP contribution is -2.42. The Labute approximate surface area is 147 Å². The van der Waals surface area contributed by atoms with Crippen LogP contribution in [-0.2, 0) is 9.53 Å². The van der Waals surface area contributed by atoms with E-state index in [0.29, 0.717) is 18.3 Å². The maximum Gasteiger partial charge on any atom is 0.246 e. The van der Waals surface area contributed by atoms with E-state index < -0.39 is 0 Å². The highest BCUT2D eigenvalue weighted by Crippen LogP contribution is 2.32. The van der Waals surface area contributed by atoms with Gasteiger partial charge >= 0.3 is 0 Å². The molecule has 1 fully saturated rings. The highest BCUT2D eigenvalue weighted by Gasteiger charge is 2.32. The minimum Gasteiger partial charge on any atom is -0.375 e. The molecule has 0 saturated heterocycles. The Morgan fingerprint density at radius 3 is 2.88 bits per heavy atom. The van der Waals surface area contributed by atoms with Gasteiger partial charge in [-0.2, -0.15) is 0 Å². The third kappa shape index (κ3) is 4.96. The Morgan fingerprint density at radius 1 is 1.36 bits per heavy atom. The fourth-order valence-electron chi connectivity index (χ4n) is 2.70. The summed E-state index contributed by atoms with van der Waals surface area (Å²) in [5, 5.41) is 6.36. The average molecular weight is 341 g/mol. The van der Waals surface area contributed by atoms with Crippen LogP contribution in [0.3, 0.4) is 0 Å². The number of carbonyl (C=O) groups is 1. The van der Waals surface area contributed by atoms with E-state index in [0.717, 1.165) is 30.0 Å². The molecule has 7 nitrogen and oxygen atoms in total. The maximum absolute atomic E-state index is 11.8. The van der Waals surface area contributed by atoms with Crippen molar-refractivity contribution in [2.24, 2.45) is 5.92 Å². The first-order valence-electron chi connectivity index (χ1n) is 8.45. The summed E-state index contributed by atoms with van der Waals surface area (Å²) in [6.45, 7) is 2.63. The molecule has 0 radical (unpaired) electrons. The monoisotopic (exact) mass is 341 g/mol. The zero-order chi connectivity index (χ0) is 17.6. The number of amides is 1. The molecule has 2 heterocycles. The van der Waals surface area contributed by atoms with Crippen LogP contribution in [0.2, 0.25) is 0 Å². The Morgan fingerprint density at radius 2 is 2.20 bits per heavy atom. The van der Waals surface area contributed by atoms with Gasteiger partial charge in [-0.25, -0.2) is 9.97 Å². The van der Waals surface area contributed by atoms with E-state index in [9.17, 15) is 4.79 Å². The molecule has 1 aliphatic rings. The summed E-state index contributed by atoms with van der Waals surface area (Å²) < 4.78 is 4.89. The number of aryl methyl sites for hydroxylation is 1. The number of rotatable bonds is 8. The molecule has 25 heavy (non-hydrogen) atoms. The van der Waals surface area contributed by atoms with Gasteiger partial charge < -0.3 is 15.4 Å². The molecule has 0 aromatic carbocycles. The van der Waals surface area contributed by atoms with Crippen LogP contribution in [0, 0.1) is 12.8 Å². The summed E-state index contributed by atoms with van der Waals surface area (Å²) in [6.07, 6.45) is 4.01. The molecule has 3 rings (SSSR count). The van der Waals surface area contributed by atoms with Crippen molar-refractivity contribution in [2.75, 3.05) is 25.6 Å². The molecule has 0 aliphatic heterocycles. The van der Waals surface area contributed by atoms with Gasteiger partial charge in [-0.05, 0) is 37.8 Å². The Bertz CT molecular complexity index is 719. The van der Waals surface area contributed by atoms with E-state index in [1.807, 2.05) is 31.2 Å². The first-order valence-corrected chi connectivity index (χ1v) is 8.45. The largest absolute Gasteiger partial charge is 0.375 e. The predicted octanol–water partition coefficient (Wildman–Crippen LogP) is 1.80. The van der Waals surface area contributed by atoms with E-state index in [-0.39, 0.29) is 18.6 Å². The second-order valence-corrected chi connectivity index (χ2v) is 6.26. The molecule has 1 atom stereocenters. The summed E-state index contributed by atoms with van der Waals surface area (Å²) in [5.74, 6) is 1.76. The van der Waals surface area contributed by atoms with Crippen molar-refractivity contribution >= 4 is 11.7 Å².